The topological polar surface area (TPSA) is 18.5 Å². The van der Waals surface area contributed by atoms with Crippen LogP contribution in [0.2, 0.25) is 0 Å². The highest BCUT2D eigenvalue weighted by atomic mass is 16.7. The van der Waals surface area contributed by atoms with Crippen molar-refractivity contribution in [3.8, 4) is 0 Å². The molecule has 0 heterocycles. The molecule has 0 rings (SSSR count). The SMILES string of the molecule is CCCC(OC(C)C)OC(C)CC. The van der Waals surface area contributed by atoms with Crippen molar-refractivity contribution in [3.63, 3.8) is 0 Å². The summed E-state index contributed by atoms with van der Waals surface area (Å²) in [5, 5.41) is 0. The third kappa shape index (κ3) is 7.03. The van der Waals surface area contributed by atoms with Gasteiger partial charge in [-0.3, -0.25) is 0 Å². The summed E-state index contributed by atoms with van der Waals surface area (Å²) in [6.07, 6.45) is 3.67. The van der Waals surface area contributed by atoms with Crippen LogP contribution in [0, 0.1) is 0 Å². The van der Waals surface area contributed by atoms with Crippen LogP contribution < -0.4 is 0 Å². The first-order valence-electron chi connectivity index (χ1n) is 5.41. The van der Waals surface area contributed by atoms with Gasteiger partial charge in [0, 0.05) is 0 Å². The predicted molar refractivity (Wildman–Crippen MR) is 55.8 cm³/mol. The van der Waals surface area contributed by atoms with Gasteiger partial charge < -0.3 is 9.47 Å². The van der Waals surface area contributed by atoms with Crippen LogP contribution in [0.4, 0.5) is 0 Å². The van der Waals surface area contributed by atoms with Crippen LogP contribution in [0.1, 0.15) is 53.9 Å². The van der Waals surface area contributed by atoms with Gasteiger partial charge in [0.25, 0.3) is 0 Å². The molecule has 0 spiro atoms. The minimum absolute atomic E-state index is 0.0139. The molecule has 0 radical (unpaired) electrons. The van der Waals surface area contributed by atoms with Gasteiger partial charge in [-0.15, -0.1) is 0 Å². The number of hydrogen-bond acceptors (Lipinski definition) is 2. The maximum Gasteiger partial charge on any atom is 0.158 e. The highest BCUT2D eigenvalue weighted by Gasteiger charge is 2.13. The first kappa shape index (κ1) is 12.9. The van der Waals surface area contributed by atoms with Gasteiger partial charge >= 0.3 is 0 Å². The molecule has 0 saturated heterocycles. The van der Waals surface area contributed by atoms with Gasteiger partial charge in [-0.25, -0.2) is 0 Å². The van der Waals surface area contributed by atoms with E-state index in [0.717, 1.165) is 19.3 Å². The molecule has 0 aliphatic carbocycles. The van der Waals surface area contributed by atoms with Gasteiger partial charge in [0.2, 0.25) is 0 Å². The molecule has 2 nitrogen and oxygen atoms in total. The smallest absolute Gasteiger partial charge is 0.158 e. The summed E-state index contributed by atoms with van der Waals surface area (Å²) in [4.78, 5) is 0. The summed E-state index contributed by atoms with van der Waals surface area (Å²) in [5.41, 5.74) is 0. The fourth-order valence-electron chi connectivity index (χ4n) is 1.06. The van der Waals surface area contributed by atoms with Gasteiger partial charge in [0.1, 0.15) is 0 Å². The highest BCUT2D eigenvalue weighted by Crippen LogP contribution is 2.11. The van der Waals surface area contributed by atoms with Gasteiger partial charge in [-0.2, -0.15) is 0 Å². The van der Waals surface area contributed by atoms with Crippen LogP contribution in [0.25, 0.3) is 0 Å². The van der Waals surface area contributed by atoms with Gasteiger partial charge in [-0.1, -0.05) is 20.3 Å². The van der Waals surface area contributed by atoms with Crippen LogP contribution in [0.5, 0.6) is 0 Å². The summed E-state index contributed by atoms with van der Waals surface area (Å²) in [6.45, 7) is 10.5. The summed E-state index contributed by atoms with van der Waals surface area (Å²) < 4.78 is 11.4. The van der Waals surface area contributed by atoms with Gasteiger partial charge in [0.05, 0.1) is 12.2 Å². The zero-order chi connectivity index (χ0) is 10.3. The molecular formula is C11H24O2. The molecule has 0 aromatic heterocycles. The van der Waals surface area contributed by atoms with E-state index in [2.05, 4.69) is 20.8 Å². The second-order valence-electron chi connectivity index (χ2n) is 3.76. The third-order valence-electron chi connectivity index (χ3n) is 1.91. The number of rotatable bonds is 7. The van der Waals surface area contributed by atoms with E-state index in [9.17, 15) is 0 Å². The van der Waals surface area contributed by atoms with Crippen molar-refractivity contribution in [2.24, 2.45) is 0 Å². The molecule has 0 aromatic carbocycles. The summed E-state index contributed by atoms with van der Waals surface area (Å²) in [6, 6.07) is 0. The van der Waals surface area contributed by atoms with E-state index in [1.165, 1.54) is 0 Å². The minimum atomic E-state index is -0.0139. The van der Waals surface area contributed by atoms with Crippen LogP contribution in [-0.4, -0.2) is 18.5 Å². The normalized spacial score (nSPS) is 16.2. The van der Waals surface area contributed by atoms with Crippen molar-refractivity contribution in [1.82, 2.24) is 0 Å². The van der Waals surface area contributed by atoms with Crippen LogP contribution in [-0.2, 0) is 9.47 Å². The average molecular weight is 188 g/mol. The monoisotopic (exact) mass is 188 g/mol. The Morgan fingerprint density at radius 1 is 1.00 bits per heavy atom. The molecule has 80 valence electrons. The summed E-state index contributed by atoms with van der Waals surface area (Å²) in [5.74, 6) is 0. The van der Waals surface area contributed by atoms with Crippen molar-refractivity contribution >= 4 is 0 Å². The molecule has 13 heavy (non-hydrogen) atoms. The van der Waals surface area contributed by atoms with E-state index in [4.69, 9.17) is 9.47 Å². The average Bonchev–Trinajstić information content (AvgIpc) is 2.03. The van der Waals surface area contributed by atoms with Crippen molar-refractivity contribution < 1.29 is 9.47 Å². The summed E-state index contributed by atoms with van der Waals surface area (Å²) in [7, 11) is 0. The fraction of sp³-hybridized carbons (Fsp3) is 1.00. The minimum Gasteiger partial charge on any atom is -0.350 e. The van der Waals surface area contributed by atoms with Gasteiger partial charge in [0.15, 0.2) is 6.29 Å². The lowest BCUT2D eigenvalue weighted by Gasteiger charge is -2.23. The van der Waals surface area contributed by atoms with E-state index in [1.807, 2.05) is 13.8 Å². The molecule has 0 aliphatic heterocycles. The third-order valence-corrected chi connectivity index (χ3v) is 1.91. The Labute approximate surface area is 82.6 Å². The molecule has 0 N–H and O–H groups in total. The van der Waals surface area contributed by atoms with Gasteiger partial charge in [-0.05, 0) is 33.6 Å². The molecule has 0 bridgehead atoms. The maximum absolute atomic E-state index is 5.73. The quantitative estimate of drug-likeness (QED) is 0.570. The van der Waals surface area contributed by atoms with Crippen LogP contribution in [0.15, 0.2) is 0 Å². The number of ether oxygens (including phenoxy) is 2. The van der Waals surface area contributed by atoms with E-state index in [0.29, 0.717) is 6.10 Å². The first-order valence-corrected chi connectivity index (χ1v) is 5.41. The second kappa shape index (κ2) is 7.34. The fourth-order valence-corrected chi connectivity index (χ4v) is 1.06. The zero-order valence-corrected chi connectivity index (χ0v) is 9.67. The molecule has 0 saturated carbocycles. The second-order valence-corrected chi connectivity index (χ2v) is 3.76. The van der Waals surface area contributed by atoms with Crippen molar-refractivity contribution in [3.05, 3.63) is 0 Å². The lowest BCUT2D eigenvalue weighted by Crippen LogP contribution is -2.25. The Balaban J connectivity index is 3.78. The largest absolute Gasteiger partial charge is 0.350 e. The molecule has 0 fully saturated rings. The summed E-state index contributed by atoms with van der Waals surface area (Å²) >= 11 is 0. The molecule has 2 atom stereocenters. The number of hydrogen-bond donors (Lipinski definition) is 0. The van der Waals surface area contributed by atoms with E-state index >= 15 is 0 Å². The van der Waals surface area contributed by atoms with E-state index < -0.39 is 0 Å². The Kier molecular flexibility index (Phi) is 7.29. The highest BCUT2D eigenvalue weighted by molar-refractivity contribution is 4.51. The first-order chi connectivity index (χ1) is 6.10. The van der Waals surface area contributed by atoms with Crippen LogP contribution in [0.3, 0.4) is 0 Å². The van der Waals surface area contributed by atoms with Crippen molar-refractivity contribution in [1.29, 1.82) is 0 Å². The lowest BCUT2D eigenvalue weighted by atomic mass is 10.3. The molecule has 0 amide bonds. The van der Waals surface area contributed by atoms with Crippen LogP contribution >= 0.6 is 0 Å². The molecule has 2 heteroatoms. The standard InChI is InChI=1S/C11H24O2/c1-6-8-11(12-9(3)4)13-10(5)7-2/h9-11H,6-8H2,1-5H3. The Morgan fingerprint density at radius 3 is 2.00 bits per heavy atom. The lowest BCUT2D eigenvalue weighted by molar-refractivity contribution is -0.187. The van der Waals surface area contributed by atoms with Crippen molar-refractivity contribution in [2.75, 3.05) is 0 Å². The molecular weight excluding hydrogens is 164 g/mol. The Bertz CT molecular complexity index is 113. The zero-order valence-electron chi connectivity index (χ0n) is 9.67. The molecule has 0 aromatic rings. The molecule has 2 unspecified atom stereocenters. The Hall–Kier alpha value is -0.0800. The predicted octanol–water partition coefficient (Wildman–Crippen LogP) is 3.35. The van der Waals surface area contributed by atoms with E-state index in [1.54, 1.807) is 0 Å². The maximum atomic E-state index is 5.73. The van der Waals surface area contributed by atoms with Crippen molar-refractivity contribution in [2.45, 2.75) is 72.4 Å². The van der Waals surface area contributed by atoms with E-state index in [-0.39, 0.29) is 12.4 Å². The molecule has 0 aliphatic rings. The Morgan fingerprint density at radius 2 is 1.62 bits per heavy atom.